The highest BCUT2D eigenvalue weighted by Gasteiger charge is 1.67. The van der Waals surface area contributed by atoms with Crippen molar-refractivity contribution in [2.45, 2.75) is 6.42 Å². The molecule has 0 bridgehead atoms. The van der Waals surface area contributed by atoms with Gasteiger partial charge in [0.05, 0.1) is 0 Å². The van der Waals surface area contributed by atoms with Crippen LogP contribution in [0.15, 0.2) is 11.5 Å². The summed E-state index contributed by atoms with van der Waals surface area (Å²) < 4.78 is 0. The molecule has 35 valence electrons. The summed E-state index contributed by atoms with van der Waals surface area (Å²) in [6.07, 6.45) is 2.76. The van der Waals surface area contributed by atoms with Crippen molar-refractivity contribution in [2.75, 3.05) is 5.88 Å². The number of alkyl halides is 1. The highest BCUT2D eigenvalue weighted by atomic mass is 35.5. The Hall–Kier alpha value is 0.250. The van der Waals surface area contributed by atoms with Gasteiger partial charge in [0.25, 0.3) is 0 Å². The van der Waals surface area contributed by atoms with E-state index in [-0.39, 0.29) is 0 Å². The van der Waals surface area contributed by atoms with Crippen molar-refractivity contribution in [3.05, 3.63) is 11.5 Å². The smallest absolute Gasteiger partial charge is 0.0258 e. The van der Waals surface area contributed by atoms with Gasteiger partial charge < -0.3 is 0 Å². The van der Waals surface area contributed by atoms with Crippen LogP contribution in [-0.4, -0.2) is 5.88 Å². The molecule has 0 aliphatic heterocycles. The summed E-state index contributed by atoms with van der Waals surface area (Å²) >= 11 is 9.76. The number of rotatable bonds is 2. The average Bonchev–Trinajstić information content (AvgIpc) is 1.61. The van der Waals surface area contributed by atoms with Crippen LogP contribution in [0, 0.1) is 0 Å². The van der Waals surface area contributed by atoms with E-state index in [0.717, 1.165) is 6.42 Å². The van der Waals surface area contributed by atoms with Crippen LogP contribution in [0.2, 0.25) is 0 Å². The molecule has 0 rings (SSSR count). The molecule has 2 heteroatoms. The molecule has 6 heavy (non-hydrogen) atoms. The molecule has 0 aromatic heterocycles. The van der Waals surface area contributed by atoms with Crippen molar-refractivity contribution >= 4 is 24.2 Å². The Morgan fingerprint density at radius 1 is 1.67 bits per heavy atom. The minimum Gasteiger partial charge on any atom is -0.126 e. The van der Waals surface area contributed by atoms with E-state index in [0.29, 0.717) is 5.88 Å². The molecule has 0 amide bonds. The van der Waals surface area contributed by atoms with Crippen LogP contribution < -0.4 is 0 Å². The number of hydrogen-bond donors (Lipinski definition) is 0. The van der Waals surface area contributed by atoms with E-state index in [4.69, 9.17) is 11.6 Å². The van der Waals surface area contributed by atoms with Crippen LogP contribution in [0.5, 0.6) is 0 Å². The molecule has 1 radical (unpaired) electrons. The number of hydrogen-bond acceptors (Lipinski definition) is 0. The Morgan fingerprint density at radius 3 is 2.50 bits per heavy atom. The molecule has 0 aromatic carbocycles. The van der Waals surface area contributed by atoms with E-state index in [1.807, 2.05) is 6.08 Å². The van der Waals surface area contributed by atoms with Gasteiger partial charge in [0.15, 0.2) is 0 Å². The van der Waals surface area contributed by atoms with Gasteiger partial charge in [-0.05, 0) is 11.8 Å². The first-order valence-electron chi connectivity index (χ1n) is 1.74. The second-order valence-corrected chi connectivity index (χ2v) is 1.50. The Balaban J connectivity index is 2.66. The Bertz CT molecular complexity index is 42.8. The average molecular weight is 122 g/mol. The van der Waals surface area contributed by atoms with E-state index in [1.54, 1.807) is 5.41 Å². The predicted molar refractivity (Wildman–Crippen MR) is 32.1 cm³/mol. The fourth-order valence-electron chi connectivity index (χ4n) is 0.131. The fraction of sp³-hybridized carbons (Fsp3) is 0.500. The van der Waals surface area contributed by atoms with Crippen LogP contribution in [0.1, 0.15) is 6.42 Å². The van der Waals surface area contributed by atoms with E-state index in [9.17, 15) is 0 Å². The maximum Gasteiger partial charge on any atom is 0.0258 e. The van der Waals surface area contributed by atoms with Crippen LogP contribution >= 0.6 is 24.2 Å². The second kappa shape index (κ2) is 5.25. The van der Waals surface area contributed by atoms with Crippen molar-refractivity contribution in [3.63, 3.8) is 0 Å². The Morgan fingerprint density at radius 2 is 2.33 bits per heavy atom. The van der Waals surface area contributed by atoms with Gasteiger partial charge in [0, 0.05) is 5.88 Å². The molecule has 0 aromatic rings. The lowest BCUT2D eigenvalue weighted by Crippen LogP contribution is -1.61. The monoisotopic (exact) mass is 121 g/mol. The molecule has 0 spiro atoms. The quantitative estimate of drug-likeness (QED) is 0.492. The van der Waals surface area contributed by atoms with E-state index < -0.39 is 0 Å². The molecular weight excluding hydrogens is 116 g/mol. The first-order chi connectivity index (χ1) is 2.91. The van der Waals surface area contributed by atoms with Gasteiger partial charge in [-0.2, -0.15) is 0 Å². The van der Waals surface area contributed by atoms with Crippen LogP contribution in [-0.2, 0) is 0 Å². The zero-order chi connectivity index (χ0) is 4.83. The SMILES string of the molecule is [S]C=CCCCl. The lowest BCUT2D eigenvalue weighted by Gasteiger charge is -1.73. The third kappa shape index (κ3) is 4.25. The summed E-state index contributed by atoms with van der Waals surface area (Å²) in [6, 6.07) is 0. The molecule has 0 atom stereocenters. The van der Waals surface area contributed by atoms with Crippen molar-refractivity contribution in [1.29, 1.82) is 0 Å². The molecule has 0 aliphatic carbocycles. The molecule has 0 N–H and O–H groups in total. The van der Waals surface area contributed by atoms with Crippen LogP contribution in [0.25, 0.3) is 0 Å². The fourth-order valence-corrected chi connectivity index (χ4v) is 0.393. The molecular formula is C4H6ClS. The third-order valence-electron chi connectivity index (χ3n) is 0.372. The largest absolute Gasteiger partial charge is 0.126 e. The summed E-state index contributed by atoms with van der Waals surface area (Å²) in [7, 11) is 0. The molecule has 0 fully saturated rings. The van der Waals surface area contributed by atoms with Gasteiger partial charge in [-0.15, -0.1) is 11.6 Å². The van der Waals surface area contributed by atoms with Gasteiger partial charge in [-0.3, -0.25) is 0 Å². The zero-order valence-electron chi connectivity index (χ0n) is 3.36. The maximum absolute atomic E-state index is 5.28. The predicted octanol–water partition coefficient (Wildman–Crippen LogP) is 2.33. The van der Waals surface area contributed by atoms with Crippen LogP contribution in [0.4, 0.5) is 0 Å². The second-order valence-electron chi connectivity index (χ2n) is 0.849. The lowest BCUT2D eigenvalue weighted by molar-refractivity contribution is 1.24. The Labute approximate surface area is 48.6 Å². The lowest BCUT2D eigenvalue weighted by atomic mass is 10.5. The normalized spacial score (nSPS) is 10.2. The first-order valence-corrected chi connectivity index (χ1v) is 2.75. The van der Waals surface area contributed by atoms with E-state index >= 15 is 0 Å². The molecule has 0 saturated carbocycles. The van der Waals surface area contributed by atoms with Gasteiger partial charge in [0.1, 0.15) is 0 Å². The van der Waals surface area contributed by atoms with E-state index in [2.05, 4.69) is 12.6 Å². The highest BCUT2D eigenvalue weighted by molar-refractivity contribution is 7.83. The van der Waals surface area contributed by atoms with Crippen molar-refractivity contribution in [1.82, 2.24) is 0 Å². The standard InChI is InChI=1S/C4H6ClS/c5-3-1-2-4-6/h2,4H,1,3H2. The van der Waals surface area contributed by atoms with Crippen molar-refractivity contribution < 1.29 is 0 Å². The minimum absolute atomic E-state index is 0.674. The summed E-state index contributed by atoms with van der Waals surface area (Å²) in [5, 5.41) is 1.59. The highest BCUT2D eigenvalue weighted by Crippen LogP contribution is 1.86. The van der Waals surface area contributed by atoms with Gasteiger partial charge in [-0.1, -0.05) is 18.7 Å². The zero-order valence-corrected chi connectivity index (χ0v) is 4.93. The van der Waals surface area contributed by atoms with Gasteiger partial charge in [0.2, 0.25) is 0 Å². The molecule has 0 aliphatic rings. The topological polar surface area (TPSA) is 0 Å². The summed E-state index contributed by atoms with van der Waals surface area (Å²) in [5.74, 6) is 0.674. The molecule has 0 nitrogen and oxygen atoms in total. The van der Waals surface area contributed by atoms with Crippen molar-refractivity contribution in [3.8, 4) is 0 Å². The van der Waals surface area contributed by atoms with E-state index in [1.165, 1.54) is 0 Å². The summed E-state index contributed by atoms with van der Waals surface area (Å²) in [4.78, 5) is 0. The molecule has 0 saturated heterocycles. The molecule has 0 heterocycles. The summed E-state index contributed by atoms with van der Waals surface area (Å²) in [5.41, 5.74) is 0. The number of allylic oxidation sites excluding steroid dienone is 1. The summed E-state index contributed by atoms with van der Waals surface area (Å²) in [6.45, 7) is 0. The van der Waals surface area contributed by atoms with Crippen molar-refractivity contribution in [2.24, 2.45) is 0 Å². The Kier molecular flexibility index (Phi) is 5.47. The van der Waals surface area contributed by atoms with Gasteiger partial charge in [-0.25, -0.2) is 0 Å². The maximum atomic E-state index is 5.28. The third-order valence-corrected chi connectivity index (χ3v) is 0.783. The van der Waals surface area contributed by atoms with Gasteiger partial charge >= 0.3 is 0 Å². The molecule has 0 unspecified atom stereocenters. The minimum atomic E-state index is 0.674. The van der Waals surface area contributed by atoms with Crippen LogP contribution in [0.3, 0.4) is 0 Å². The first kappa shape index (κ1) is 6.25. The number of halogens is 1.